The second-order valence-corrected chi connectivity index (χ2v) is 3.46. The van der Waals surface area contributed by atoms with Gasteiger partial charge in [-0.15, -0.1) is 0 Å². The van der Waals surface area contributed by atoms with E-state index in [0.29, 0.717) is 6.54 Å². The molecule has 3 heteroatoms. The first-order chi connectivity index (χ1) is 7.21. The van der Waals surface area contributed by atoms with Crippen LogP contribution in [0.25, 0.3) is 0 Å². The topological polar surface area (TPSA) is 36.3 Å². The van der Waals surface area contributed by atoms with E-state index in [-0.39, 0.29) is 0 Å². The Bertz CT molecular complexity index is 368. The highest BCUT2D eigenvalue weighted by atomic mass is 16.5. The predicted molar refractivity (Wildman–Crippen MR) is 59.5 cm³/mol. The van der Waals surface area contributed by atoms with Gasteiger partial charge in [-0.25, -0.2) is 0 Å². The summed E-state index contributed by atoms with van der Waals surface area (Å²) in [6, 6.07) is 6.10. The van der Waals surface area contributed by atoms with Crippen LogP contribution in [0.1, 0.15) is 18.1 Å². The summed E-state index contributed by atoms with van der Waals surface area (Å²) < 4.78 is 5.25. The second kappa shape index (κ2) is 5.26. The third kappa shape index (κ3) is 2.88. The van der Waals surface area contributed by atoms with E-state index >= 15 is 0 Å². The van der Waals surface area contributed by atoms with E-state index in [1.165, 1.54) is 5.56 Å². The van der Waals surface area contributed by atoms with Crippen LogP contribution in [0.15, 0.2) is 18.2 Å². The summed E-state index contributed by atoms with van der Waals surface area (Å²) in [5.41, 5.74) is 2.32. The Balaban J connectivity index is 2.97. The average Bonchev–Trinajstić information content (AvgIpc) is 2.28. The minimum atomic E-state index is 0.591. The molecule has 0 saturated carbocycles. The molecular weight excluding hydrogens is 188 g/mol. The molecule has 0 spiro atoms. The van der Waals surface area contributed by atoms with E-state index in [0.717, 1.165) is 17.7 Å². The summed E-state index contributed by atoms with van der Waals surface area (Å²) in [5.74, 6) is 0.842. The average molecular weight is 204 g/mol. The number of nitrogens with zero attached hydrogens (tertiary/aromatic N) is 2. The van der Waals surface area contributed by atoms with Crippen LogP contribution in [0.5, 0.6) is 5.75 Å². The molecule has 0 aliphatic carbocycles. The van der Waals surface area contributed by atoms with E-state index in [2.05, 4.69) is 25.2 Å². The third-order valence-corrected chi connectivity index (χ3v) is 2.33. The number of hydrogen-bond donors (Lipinski definition) is 0. The fourth-order valence-corrected chi connectivity index (χ4v) is 1.47. The Kier molecular flexibility index (Phi) is 3.99. The van der Waals surface area contributed by atoms with Gasteiger partial charge in [0, 0.05) is 12.6 Å². The first-order valence-corrected chi connectivity index (χ1v) is 4.98. The number of aryl methyl sites for hydroxylation is 1. The third-order valence-electron chi connectivity index (χ3n) is 2.33. The zero-order valence-electron chi connectivity index (χ0n) is 9.45. The van der Waals surface area contributed by atoms with E-state index in [4.69, 9.17) is 10.00 Å². The number of rotatable bonds is 4. The van der Waals surface area contributed by atoms with Crippen molar-refractivity contribution in [3.63, 3.8) is 0 Å². The van der Waals surface area contributed by atoms with Crippen LogP contribution in [0.3, 0.4) is 0 Å². The van der Waals surface area contributed by atoms with Gasteiger partial charge in [0.05, 0.1) is 13.7 Å². The predicted octanol–water partition coefficient (Wildman–Crippen LogP) is 2.17. The second-order valence-electron chi connectivity index (χ2n) is 3.46. The number of hydrogen-bond acceptors (Lipinski definition) is 3. The highest BCUT2D eigenvalue weighted by molar-refractivity contribution is 5.37. The van der Waals surface area contributed by atoms with Gasteiger partial charge in [0.2, 0.25) is 0 Å². The lowest BCUT2D eigenvalue weighted by Gasteiger charge is -2.13. The molecule has 0 bridgehead atoms. The summed E-state index contributed by atoms with van der Waals surface area (Å²) in [5, 5.41) is 8.72. The van der Waals surface area contributed by atoms with Crippen molar-refractivity contribution in [1.29, 1.82) is 5.26 Å². The lowest BCUT2D eigenvalue weighted by molar-refractivity contribution is 0.394. The molecule has 0 unspecified atom stereocenters. The Labute approximate surface area is 90.9 Å². The highest BCUT2D eigenvalue weighted by Crippen LogP contribution is 2.21. The summed E-state index contributed by atoms with van der Waals surface area (Å²) in [6.07, 6.45) is 3.07. The van der Waals surface area contributed by atoms with Crippen molar-refractivity contribution in [3.05, 3.63) is 29.3 Å². The van der Waals surface area contributed by atoms with Crippen molar-refractivity contribution < 1.29 is 4.74 Å². The van der Waals surface area contributed by atoms with Crippen LogP contribution < -0.4 is 4.74 Å². The molecule has 0 atom stereocenters. The quantitative estimate of drug-likeness (QED) is 0.557. The van der Waals surface area contributed by atoms with Crippen molar-refractivity contribution in [2.75, 3.05) is 14.2 Å². The molecule has 1 aromatic carbocycles. The highest BCUT2D eigenvalue weighted by Gasteiger charge is 2.05. The maximum atomic E-state index is 8.72. The molecule has 0 aromatic heterocycles. The standard InChI is InChI=1S/C12H16N2O/c1-4-10-5-6-12(15-3)11(7-10)8-14(2)9-13/h5-7H,4,8H2,1-3H3. The monoisotopic (exact) mass is 204 g/mol. The molecule has 1 rings (SSSR count). The Morgan fingerprint density at radius 1 is 1.47 bits per heavy atom. The van der Waals surface area contributed by atoms with Crippen LogP contribution in [0, 0.1) is 11.5 Å². The largest absolute Gasteiger partial charge is 0.496 e. The van der Waals surface area contributed by atoms with Crippen LogP contribution >= 0.6 is 0 Å². The molecule has 3 nitrogen and oxygen atoms in total. The summed E-state index contributed by atoms with van der Waals surface area (Å²) in [4.78, 5) is 1.58. The first-order valence-electron chi connectivity index (χ1n) is 4.98. The maximum absolute atomic E-state index is 8.72. The van der Waals surface area contributed by atoms with Crippen LogP contribution in [-0.4, -0.2) is 19.1 Å². The summed E-state index contributed by atoms with van der Waals surface area (Å²) in [7, 11) is 3.41. The van der Waals surface area contributed by atoms with Gasteiger partial charge in [-0.1, -0.05) is 19.1 Å². The minimum Gasteiger partial charge on any atom is -0.496 e. The molecular formula is C12H16N2O. The van der Waals surface area contributed by atoms with Crippen LogP contribution in [0.2, 0.25) is 0 Å². The van der Waals surface area contributed by atoms with Crippen LogP contribution in [-0.2, 0) is 13.0 Å². The van der Waals surface area contributed by atoms with Crippen molar-refractivity contribution in [2.45, 2.75) is 19.9 Å². The lowest BCUT2D eigenvalue weighted by Crippen LogP contribution is -2.11. The number of ether oxygens (including phenoxy) is 1. The van der Waals surface area contributed by atoms with Gasteiger partial charge in [0.15, 0.2) is 6.19 Å². The fourth-order valence-electron chi connectivity index (χ4n) is 1.47. The number of methoxy groups -OCH3 is 1. The van der Waals surface area contributed by atoms with Gasteiger partial charge in [0.25, 0.3) is 0 Å². The zero-order chi connectivity index (χ0) is 11.3. The Morgan fingerprint density at radius 2 is 2.20 bits per heavy atom. The summed E-state index contributed by atoms with van der Waals surface area (Å²) >= 11 is 0. The Morgan fingerprint density at radius 3 is 2.73 bits per heavy atom. The zero-order valence-corrected chi connectivity index (χ0v) is 9.45. The van der Waals surface area contributed by atoms with Gasteiger partial charge < -0.3 is 9.64 Å². The van der Waals surface area contributed by atoms with Gasteiger partial charge in [-0.3, -0.25) is 0 Å². The maximum Gasteiger partial charge on any atom is 0.179 e. The molecule has 1 aromatic rings. The molecule has 0 N–H and O–H groups in total. The van der Waals surface area contributed by atoms with Crippen molar-refractivity contribution in [1.82, 2.24) is 4.90 Å². The van der Waals surface area contributed by atoms with E-state index < -0.39 is 0 Å². The molecule has 0 heterocycles. The molecule has 0 aliphatic rings. The normalized spacial score (nSPS) is 9.47. The molecule has 0 radical (unpaired) electrons. The fraction of sp³-hybridized carbons (Fsp3) is 0.417. The van der Waals surface area contributed by atoms with Crippen molar-refractivity contribution in [3.8, 4) is 11.9 Å². The lowest BCUT2D eigenvalue weighted by atomic mass is 10.1. The van der Waals surface area contributed by atoms with Gasteiger partial charge >= 0.3 is 0 Å². The SMILES string of the molecule is CCc1ccc(OC)c(CN(C)C#N)c1. The molecule has 15 heavy (non-hydrogen) atoms. The van der Waals surface area contributed by atoms with Crippen LogP contribution in [0.4, 0.5) is 0 Å². The molecule has 0 saturated heterocycles. The van der Waals surface area contributed by atoms with Crippen molar-refractivity contribution in [2.24, 2.45) is 0 Å². The van der Waals surface area contributed by atoms with E-state index in [9.17, 15) is 0 Å². The van der Waals surface area contributed by atoms with Crippen molar-refractivity contribution >= 4 is 0 Å². The first kappa shape index (κ1) is 11.4. The van der Waals surface area contributed by atoms with Gasteiger partial charge in [-0.05, 0) is 18.1 Å². The van der Waals surface area contributed by atoms with Gasteiger partial charge in [0.1, 0.15) is 5.75 Å². The summed E-state index contributed by atoms with van der Waals surface area (Å²) in [6.45, 7) is 2.70. The molecule has 80 valence electrons. The smallest absolute Gasteiger partial charge is 0.179 e. The molecule has 0 aliphatic heterocycles. The van der Waals surface area contributed by atoms with Gasteiger partial charge in [-0.2, -0.15) is 5.26 Å². The number of nitriles is 1. The number of benzene rings is 1. The molecule has 0 amide bonds. The van der Waals surface area contributed by atoms with E-state index in [1.807, 2.05) is 6.07 Å². The van der Waals surface area contributed by atoms with E-state index in [1.54, 1.807) is 19.1 Å². The molecule has 0 fully saturated rings. The Hall–Kier alpha value is -1.69. The minimum absolute atomic E-state index is 0.591.